The Morgan fingerprint density at radius 3 is 2.67 bits per heavy atom. The van der Waals surface area contributed by atoms with E-state index in [1.807, 2.05) is 24.4 Å². The third kappa shape index (κ3) is 3.97. The molecule has 0 atom stereocenters. The number of carbonyl (C=O) groups is 1. The van der Waals surface area contributed by atoms with Crippen molar-refractivity contribution in [3.8, 4) is 22.6 Å². The molecule has 1 aliphatic carbocycles. The number of benzene rings is 1. The Labute approximate surface area is 191 Å². The number of fused-ring (bicyclic) bond motifs is 1. The third-order valence-corrected chi connectivity index (χ3v) is 6.56. The number of rotatable bonds is 5. The van der Waals surface area contributed by atoms with Gasteiger partial charge in [-0.05, 0) is 42.5 Å². The van der Waals surface area contributed by atoms with Crippen LogP contribution in [0.2, 0.25) is 0 Å². The van der Waals surface area contributed by atoms with E-state index in [4.69, 9.17) is 4.52 Å². The van der Waals surface area contributed by atoms with Crippen LogP contribution in [0.3, 0.4) is 0 Å². The maximum Gasteiger partial charge on any atom is 0.439 e. The summed E-state index contributed by atoms with van der Waals surface area (Å²) < 4.78 is 6.81. The number of amides is 1. The highest BCUT2D eigenvalue weighted by Crippen LogP contribution is 2.44. The van der Waals surface area contributed by atoms with Crippen LogP contribution in [0.1, 0.15) is 43.6 Å². The summed E-state index contributed by atoms with van der Waals surface area (Å²) in [6.45, 7) is 0.208. The van der Waals surface area contributed by atoms with Crippen molar-refractivity contribution < 1.29 is 9.32 Å². The molecule has 33 heavy (non-hydrogen) atoms. The Morgan fingerprint density at radius 2 is 2.00 bits per heavy atom. The van der Waals surface area contributed by atoms with Gasteiger partial charge < -0.3 is 9.47 Å². The average Bonchev–Trinajstić information content (AvgIpc) is 3.41. The number of likely N-dealkylation sites (N-methyl/N-ethyl adjacent to an activating group) is 1. The van der Waals surface area contributed by atoms with Gasteiger partial charge in [0.25, 0.3) is 0 Å². The van der Waals surface area contributed by atoms with Gasteiger partial charge in [-0.3, -0.25) is 19.3 Å². The summed E-state index contributed by atoms with van der Waals surface area (Å²) in [6, 6.07) is 10.0. The van der Waals surface area contributed by atoms with E-state index in [0.717, 1.165) is 40.6 Å². The molecule has 1 amide bonds. The fourth-order valence-electron chi connectivity index (χ4n) is 4.94. The highest BCUT2D eigenvalue weighted by molar-refractivity contribution is 5.96. The Hall–Kier alpha value is -3.68. The Bertz CT molecular complexity index is 1340. The molecule has 0 unspecified atom stereocenters. The number of H-pyrrole nitrogens is 1. The van der Waals surface area contributed by atoms with Gasteiger partial charge in [0.2, 0.25) is 5.91 Å². The molecule has 0 bridgehead atoms. The van der Waals surface area contributed by atoms with Crippen molar-refractivity contribution >= 4 is 16.8 Å². The number of nitrogens with zero attached hydrogens (tertiary/aromatic N) is 4. The highest BCUT2D eigenvalue weighted by Gasteiger charge is 2.28. The van der Waals surface area contributed by atoms with Crippen LogP contribution in [-0.4, -0.2) is 44.6 Å². The summed E-state index contributed by atoms with van der Waals surface area (Å²) in [4.78, 5) is 33.0. The molecule has 5 rings (SSSR count). The van der Waals surface area contributed by atoms with Crippen LogP contribution in [-0.2, 0) is 11.3 Å². The van der Waals surface area contributed by atoms with E-state index in [1.54, 1.807) is 25.2 Å². The molecule has 0 aliphatic heterocycles. The third-order valence-electron chi connectivity index (χ3n) is 6.56. The number of hydrogen-bond donors (Lipinski definition) is 1. The van der Waals surface area contributed by atoms with Gasteiger partial charge in [0.15, 0.2) is 5.82 Å². The summed E-state index contributed by atoms with van der Waals surface area (Å²) in [7, 11) is 3.54. The minimum atomic E-state index is -0.595. The predicted molar refractivity (Wildman–Crippen MR) is 126 cm³/mol. The van der Waals surface area contributed by atoms with Crippen molar-refractivity contribution in [1.82, 2.24) is 24.6 Å². The van der Waals surface area contributed by atoms with Gasteiger partial charge in [0.1, 0.15) is 6.54 Å². The lowest BCUT2D eigenvalue weighted by atomic mass is 9.82. The van der Waals surface area contributed by atoms with E-state index in [2.05, 4.69) is 31.8 Å². The molecule has 0 saturated heterocycles. The molecule has 0 spiro atoms. The van der Waals surface area contributed by atoms with Crippen LogP contribution in [0, 0.1) is 0 Å². The quantitative estimate of drug-likeness (QED) is 0.497. The van der Waals surface area contributed by atoms with Gasteiger partial charge in [-0.2, -0.15) is 0 Å². The number of carbonyl (C=O) groups excluding carboxylic acids is 1. The van der Waals surface area contributed by atoms with Gasteiger partial charge in [-0.1, -0.05) is 36.6 Å². The van der Waals surface area contributed by atoms with E-state index < -0.39 is 5.76 Å². The van der Waals surface area contributed by atoms with E-state index in [-0.39, 0.29) is 12.5 Å². The van der Waals surface area contributed by atoms with Crippen LogP contribution in [0.15, 0.2) is 52.0 Å². The predicted octanol–water partition coefficient (Wildman–Crippen LogP) is 4.18. The number of nitrogens with one attached hydrogen (secondary N) is 1. The summed E-state index contributed by atoms with van der Waals surface area (Å²) in [5.41, 5.74) is 5.00. The Morgan fingerprint density at radius 1 is 1.18 bits per heavy atom. The van der Waals surface area contributed by atoms with Crippen molar-refractivity contribution in [3.05, 3.63) is 58.8 Å². The first kappa shape index (κ1) is 21.2. The molecule has 0 radical (unpaired) electrons. The van der Waals surface area contributed by atoms with Crippen molar-refractivity contribution in [2.45, 2.75) is 44.6 Å². The first-order chi connectivity index (χ1) is 16.0. The van der Waals surface area contributed by atoms with Gasteiger partial charge in [0.05, 0.1) is 11.2 Å². The molecule has 1 aromatic carbocycles. The first-order valence-electron chi connectivity index (χ1n) is 11.4. The molecule has 4 aromatic rings. The van der Waals surface area contributed by atoms with E-state index in [0.29, 0.717) is 11.7 Å². The first-order valence-corrected chi connectivity index (χ1v) is 11.4. The zero-order chi connectivity index (χ0) is 22.9. The molecule has 1 saturated carbocycles. The lowest BCUT2D eigenvalue weighted by Crippen LogP contribution is -2.26. The summed E-state index contributed by atoms with van der Waals surface area (Å²) in [5.74, 6) is 0.204. The maximum atomic E-state index is 12.9. The molecular formula is C25H27N5O3. The van der Waals surface area contributed by atoms with Crippen LogP contribution >= 0.6 is 0 Å². The molecule has 3 aromatic heterocycles. The second-order valence-electron chi connectivity index (χ2n) is 8.89. The molecule has 8 heteroatoms. The minimum Gasteiger partial charge on any atom is -0.347 e. The molecule has 8 nitrogen and oxygen atoms in total. The fourth-order valence-corrected chi connectivity index (χ4v) is 4.94. The van der Waals surface area contributed by atoms with Crippen LogP contribution in [0.4, 0.5) is 0 Å². The molecule has 170 valence electrons. The van der Waals surface area contributed by atoms with Crippen molar-refractivity contribution in [3.63, 3.8) is 0 Å². The largest absolute Gasteiger partial charge is 0.439 e. The lowest BCUT2D eigenvalue weighted by Gasteiger charge is -2.24. The zero-order valence-corrected chi connectivity index (χ0v) is 18.9. The topological polar surface area (TPSA) is 97.0 Å². The van der Waals surface area contributed by atoms with Crippen LogP contribution < -0.4 is 5.76 Å². The normalized spacial score (nSPS) is 14.6. The van der Waals surface area contributed by atoms with Crippen LogP contribution in [0.5, 0.6) is 0 Å². The smallest absolute Gasteiger partial charge is 0.347 e. The van der Waals surface area contributed by atoms with E-state index in [9.17, 15) is 9.59 Å². The SMILES string of the molecule is CN(C)C(=O)Cn1c(-c2cccnc2)c(C2CCCCC2)c2ccc(-c3noc(=O)[nH]3)cc21. The van der Waals surface area contributed by atoms with E-state index in [1.165, 1.54) is 24.8 Å². The molecule has 3 heterocycles. The minimum absolute atomic E-state index is 0.00693. The average molecular weight is 446 g/mol. The van der Waals surface area contributed by atoms with Gasteiger partial charge >= 0.3 is 5.76 Å². The second-order valence-corrected chi connectivity index (χ2v) is 8.89. The summed E-state index contributed by atoms with van der Waals surface area (Å²) in [6.07, 6.45) is 9.57. The molecular weight excluding hydrogens is 418 g/mol. The Balaban J connectivity index is 1.80. The van der Waals surface area contributed by atoms with Crippen molar-refractivity contribution in [1.29, 1.82) is 0 Å². The van der Waals surface area contributed by atoms with Crippen molar-refractivity contribution in [2.75, 3.05) is 14.1 Å². The van der Waals surface area contributed by atoms with Crippen molar-refractivity contribution in [2.24, 2.45) is 0 Å². The van der Waals surface area contributed by atoms with Crippen LogP contribution in [0.25, 0.3) is 33.5 Å². The summed E-state index contributed by atoms with van der Waals surface area (Å²) >= 11 is 0. The summed E-state index contributed by atoms with van der Waals surface area (Å²) in [5, 5.41) is 4.98. The number of hydrogen-bond acceptors (Lipinski definition) is 5. The number of aromatic nitrogens is 4. The maximum absolute atomic E-state index is 12.9. The standard InChI is InChI=1S/C25H27N5O3/c1-29(2)21(31)15-30-20-13-17(24-27-25(32)33-28-24)10-11-19(20)22(16-7-4-3-5-8-16)23(30)18-9-6-12-26-14-18/h6,9-14,16H,3-5,7-8,15H2,1-2H3,(H,27,28,32). The molecule has 1 aliphatic rings. The number of pyridine rings is 1. The Kier molecular flexibility index (Phi) is 5.58. The second kappa shape index (κ2) is 8.69. The zero-order valence-electron chi connectivity index (χ0n) is 18.9. The van der Waals surface area contributed by atoms with E-state index >= 15 is 0 Å². The van der Waals surface area contributed by atoms with Gasteiger partial charge in [0, 0.05) is 43.0 Å². The number of aromatic amines is 1. The van der Waals surface area contributed by atoms with Gasteiger partial charge in [-0.25, -0.2) is 4.79 Å². The monoisotopic (exact) mass is 445 g/mol. The lowest BCUT2D eigenvalue weighted by molar-refractivity contribution is -0.129. The fraction of sp³-hybridized carbons (Fsp3) is 0.360. The molecule has 1 fully saturated rings. The van der Waals surface area contributed by atoms with Gasteiger partial charge in [-0.15, -0.1) is 0 Å². The molecule has 1 N–H and O–H groups in total. The highest BCUT2D eigenvalue weighted by atomic mass is 16.5.